The van der Waals surface area contributed by atoms with E-state index in [-0.39, 0.29) is 0 Å². The van der Waals surface area contributed by atoms with E-state index in [1.807, 2.05) is 12.1 Å². The number of nitrogens with one attached hydrogen (secondary N) is 1. The SMILES string of the molecule is c1ccc(CN2CCN(c3ccc(NCc4ccc5c(c4)OCO5)cc3)CC2)cc1. The van der Waals surface area contributed by atoms with Gasteiger partial charge in [0.2, 0.25) is 6.79 Å². The fourth-order valence-corrected chi connectivity index (χ4v) is 4.05. The summed E-state index contributed by atoms with van der Waals surface area (Å²) in [6.45, 7) is 6.44. The maximum Gasteiger partial charge on any atom is 0.231 e. The lowest BCUT2D eigenvalue weighted by Crippen LogP contribution is -2.45. The van der Waals surface area contributed by atoms with Gasteiger partial charge in [0.1, 0.15) is 0 Å². The molecule has 1 N–H and O–H groups in total. The first-order valence-electron chi connectivity index (χ1n) is 10.6. The molecule has 3 aromatic rings. The summed E-state index contributed by atoms with van der Waals surface area (Å²) < 4.78 is 10.8. The van der Waals surface area contributed by atoms with Crippen molar-refractivity contribution in [2.75, 3.05) is 43.2 Å². The summed E-state index contributed by atoms with van der Waals surface area (Å²) >= 11 is 0. The Kier molecular flexibility index (Phi) is 5.44. The van der Waals surface area contributed by atoms with E-state index in [9.17, 15) is 0 Å². The quantitative estimate of drug-likeness (QED) is 0.665. The van der Waals surface area contributed by atoms with E-state index in [1.165, 1.54) is 16.8 Å². The third-order valence-corrected chi connectivity index (χ3v) is 5.79. The van der Waals surface area contributed by atoms with Crippen molar-refractivity contribution in [3.63, 3.8) is 0 Å². The average Bonchev–Trinajstić information content (AvgIpc) is 3.27. The second kappa shape index (κ2) is 8.67. The predicted octanol–water partition coefficient (Wildman–Crippen LogP) is 4.35. The van der Waals surface area contributed by atoms with Crippen molar-refractivity contribution in [3.8, 4) is 11.5 Å². The number of rotatable bonds is 6. The minimum absolute atomic E-state index is 0.314. The average molecular weight is 402 g/mol. The molecular weight excluding hydrogens is 374 g/mol. The van der Waals surface area contributed by atoms with Gasteiger partial charge in [-0.25, -0.2) is 0 Å². The van der Waals surface area contributed by atoms with Crippen LogP contribution in [-0.4, -0.2) is 37.9 Å². The summed E-state index contributed by atoms with van der Waals surface area (Å²) in [5.41, 5.74) is 4.99. The molecule has 3 aromatic carbocycles. The summed E-state index contributed by atoms with van der Waals surface area (Å²) in [5, 5.41) is 3.49. The highest BCUT2D eigenvalue weighted by molar-refractivity contribution is 5.56. The number of fused-ring (bicyclic) bond motifs is 1. The number of benzene rings is 3. The van der Waals surface area contributed by atoms with Crippen molar-refractivity contribution in [1.29, 1.82) is 0 Å². The van der Waals surface area contributed by atoms with Gasteiger partial charge in [0.25, 0.3) is 0 Å². The van der Waals surface area contributed by atoms with E-state index in [1.54, 1.807) is 0 Å². The first-order valence-corrected chi connectivity index (χ1v) is 10.6. The number of anilines is 2. The van der Waals surface area contributed by atoms with E-state index in [4.69, 9.17) is 9.47 Å². The molecule has 0 spiro atoms. The molecule has 0 atom stereocenters. The summed E-state index contributed by atoms with van der Waals surface area (Å²) in [6, 6.07) is 25.6. The topological polar surface area (TPSA) is 37.0 Å². The minimum Gasteiger partial charge on any atom is -0.454 e. The van der Waals surface area contributed by atoms with Gasteiger partial charge < -0.3 is 19.7 Å². The summed E-state index contributed by atoms with van der Waals surface area (Å²) in [4.78, 5) is 5.01. The van der Waals surface area contributed by atoms with Gasteiger partial charge in [-0.1, -0.05) is 36.4 Å². The van der Waals surface area contributed by atoms with Crippen LogP contribution >= 0.6 is 0 Å². The molecule has 0 aliphatic carbocycles. The van der Waals surface area contributed by atoms with Gasteiger partial charge in [-0.3, -0.25) is 4.90 Å². The van der Waals surface area contributed by atoms with Crippen LogP contribution in [0.1, 0.15) is 11.1 Å². The van der Waals surface area contributed by atoms with Crippen molar-refractivity contribution < 1.29 is 9.47 Å². The van der Waals surface area contributed by atoms with Crippen LogP contribution in [-0.2, 0) is 13.1 Å². The molecule has 0 amide bonds. The van der Waals surface area contributed by atoms with Crippen LogP contribution in [0.2, 0.25) is 0 Å². The Morgan fingerprint density at radius 1 is 0.733 bits per heavy atom. The van der Waals surface area contributed by atoms with Crippen LogP contribution in [0.3, 0.4) is 0 Å². The predicted molar refractivity (Wildman–Crippen MR) is 120 cm³/mol. The summed E-state index contributed by atoms with van der Waals surface area (Å²) in [6.07, 6.45) is 0. The zero-order valence-corrected chi connectivity index (χ0v) is 17.1. The van der Waals surface area contributed by atoms with Crippen LogP contribution < -0.4 is 19.7 Å². The molecule has 154 valence electrons. The Balaban J connectivity index is 1.12. The maximum atomic E-state index is 5.46. The Labute approximate surface area is 177 Å². The molecule has 0 saturated carbocycles. The van der Waals surface area contributed by atoms with Gasteiger partial charge >= 0.3 is 0 Å². The van der Waals surface area contributed by atoms with Gasteiger partial charge in [-0.15, -0.1) is 0 Å². The lowest BCUT2D eigenvalue weighted by molar-refractivity contribution is 0.174. The second-order valence-electron chi connectivity index (χ2n) is 7.84. The Morgan fingerprint density at radius 3 is 2.30 bits per heavy atom. The van der Waals surface area contributed by atoms with E-state index in [2.05, 4.69) is 75.8 Å². The number of piperazine rings is 1. The van der Waals surface area contributed by atoms with E-state index >= 15 is 0 Å². The smallest absolute Gasteiger partial charge is 0.231 e. The largest absolute Gasteiger partial charge is 0.454 e. The molecule has 1 saturated heterocycles. The fraction of sp³-hybridized carbons (Fsp3) is 0.280. The molecule has 5 rings (SSSR count). The number of nitrogens with zero attached hydrogens (tertiary/aromatic N) is 2. The standard InChI is InChI=1S/C25H27N3O2/c1-2-4-20(5-3-1)18-27-12-14-28(15-13-27)23-9-7-22(8-10-23)26-17-21-6-11-24-25(16-21)30-19-29-24/h1-11,16,26H,12-15,17-19H2. The molecule has 0 unspecified atom stereocenters. The van der Waals surface area contributed by atoms with Crippen LogP contribution in [0.4, 0.5) is 11.4 Å². The Hall–Kier alpha value is -3.18. The van der Waals surface area contributed by atoms with Crippen LogP contribution in [0.5, 0.6) is 11.5 Å². The molecule has 0 radical (unpaired) electrons. The van der Waals surface area contributed by atoms with Crippen molar-refractivity contribution in [2.45, 2.75) is 13.1 Å². The lowest BCUT2D eigenvalue weighted by atomic mass is 10.1. The Bertz CT molecular complexity index is 967. The molecule has 2 aliphatic heterocycles. The highest BCUT2D eigenvalue weighted by Crippen LogP contribution is 2.32. The molecule has 30 heavy (non-hydrogen) atoms. The van der Waals surface area contributed by atoms with Gasteiger partial charge in [-0.05, 0) is 47.5 Å². The number of hydrogen-bond donors (Lipinski definition) is 1. The van der Waals surface area contributed by atoms with Crippen LogP contribution in [0, 0.1) is 0 Å². The molecule has 5 nitrogen and oxygen atoms in total. The van der Waals surface area contributed by atoms with Gasteiger partial charge in [0.15, 0.2) is 11.5 Å². The minimum atomic E-state index is 0.314. The van der Waals surface area contributed by atoms with Crippen LogP contribution in [0.15, 0.2) is 72.8 Å². The van der Waals surface area contributed by atoms with Crippen molar-refractivity contribution >= 4 is 11.4 Å². The third-order valence-electron chi connectivity index (χ3n) is 5.79. The third kappa shape index (κ3) is 4.36. The fourth-order valence-electron chi connectivity index (χ4n) is 4.05. The molecule has 0 aromatic heterocycles. The molecule has 0 bridgehead atoms. The van der Waals surface area contributed by atoms with Crippen LogP contribution in [0.25, 0.3) is 0 Å². The summed E-state index contributed by atoms with van der Waals surface area (Å²) in [7, 11) is 0. The van der Waals surface area contributed by atoms with Gasteiger partial charge in [0.05, 0.1) is 0 Å². The van der Waals surface area contributed by atoms with Crippen molar-refractivity contribution in [1.82, 2.24) is 4.90 Å². The monoisotopic (exact) mass is 401 g/mol. The molecule has 5 heteroatoms. The highest BCUT2D eigenvalue weighted by atomic mass is 16.7. The number of ether oxygens (including phenoxy) is 2. The normalized spacial score (nSPS) is 15.9. The Morgan fingerprint density at radius 2 is 1.50 bits per heavy atom. The molecule has 2 aliphatic rings. The first-order chi connectivity index (χ1) is 14.8. The lowest BCUT2D eigenvalue weighted by Gasteiger charge is -2.36. The zero-order chi connectivity index (χ0) is 20.2. The maximum absolute atomic E-state index is 5.46. The van der Waals surface area contributed by atoms with E-state index in [0.717, 1.165) is 56.5 Å². The molecule has 1 fully saturated rings. The van der Waals surface area contributed by atoms with Gasteiger partial charge in [-0.2, -0.15) is 0 Å². The number of hydrogen-bond acceptors (Lipinski definition) is 5. The van der Waals surface area contributed by atoms with Crippen molar-refractivity contribution in [2.24, 2.45) is 0 Å². The second-order valence-corrected chi connectivity index (χ2v) is 7.84. The van der Waals surface area contributed by atoms with E-state index < -0.39 is 0 Å². The highest BCUT2D eigenvalue weighted by Gasteiger charge is 2.17. The molecular formula is C25H27N3O2. The first kappa shape index (κ1) is 18.8. The molecule has 2 heterocycles. The van der Waals surface area contributed by atoms with Gasteiger partial charge in [0, 0.05) is 50.6 Å². The van der Waals surface area contributed by atoms with Crippen molar-refractivity contribution in [3.05, 3.63) is 83.9 Å². The zero-order valence-electron chi connectivity index (χ0n) is 17.1. The summed E-state index contributed by atoms with van der Waals surface area (Å²) in [5.74, 6) is 1.66. The van der Waals surface area contributed by atoms with E-state index in [0.29, 0.717) is 6.79 Å².